The lowest BCUT2D eigenvalue weighted by Crippen LogP contribution is -2.47. The van der Waals surface area contributed by atoms with Gasteiger partial charge in [0.1, 0.15) is 0 Å². The number of aromatic amines is 1. The minimum Gasteiger partial charge on any atom is -0.390 e. The van der Waals surface area contributed by atoms with E-state index in [4.69, 9.17) is 0 Å². The number of aryl methyl sites for hydroxylation is 1. The predicted octanol–water partition coefficient (Wildman–Crippen LogP) is 1.22. The highest BCUT2D eigenvalue weighted by Gasteiger charge is 2.32. The standard InChI is InChI=1S/C17H20N4O2/c22-15-8-10-3-1-2-4-13(10)16(15)20-17(23)19-12-5-6-14-11(7-12)9-18-21-14/h1-4,9,12,15-16,22H,5-8H2,(H,18,21)(H2,19,20,23). The second-order valence-electron chi connectivity index (χ2n) is 6.38. The topological polar surface area (TPSA) is 90.0 Å². The third-order valence-corrected chi connectivity index (χ3v) is 4.84. The Morgan fingerprint density at radius 2 is 2.09 bits per heavy atom. The SMILES string of the molecule is O=C(NC1CCc2[nH]ncc2C1)NC1c2ccccc2CC1O. The van der Waals surface area contributed by atoms with Gasteiger partial charge in [0.25, 0.3) is 0 Å². The zero-order valence-electron chi connectivity index (χ0n) is 12.7. The van der Waals surface area contributed by atoms with Crippen LogP contribution in [0.1, 0.15) is 34.8 Å². The van der Waals surface area contributed by atoms with Gasteiger partial charge in [0, 0.05) is 18.2 Å². The van der Waals surface area contributed by atoms with Gasteiger partial charge >= 0.3 is 6.03 Å². The van der Waals surface area contributed by atoms with E-state index >= 15 is 0 Å². The lowest BCUT2D eigenvalue weighted by Gasteiger charge is -2.25. The van der Waals surface area contributed by atoms with Crippen molar-refractivity contribution in [3.63, 3.8) is 0 Å². The van der Waals surface area contributed by atoms with Crippen molar-refractivity contribution in [1.29, 1.82) is 0 Å². The van der Waals surface area contributed by atoms with Crippen molar-refractivity contribution >= 4 is 6.03 Å². The highest BCUT2D eigenvalue weighted by Crippen LogP contribution is 2.31. The molecule has 2 aromatic rings. The van der Waals surface area contributed by atoms with Crippen LogP contribution in [-0.2, 0) is 19.3 Å². The average molecular weight is 312 g/mol. The van der Waals surface area contributed by atoms with Crippen molar-refractivity contribution in [3.8, 4) is 0 Å². The molecule has 120 valence electrons. The average Bonchev–Trinajstić information content (AvgIpc) is 3.12. The van der Waals surface area contributed by atoms with Crippen LogP contribution in [0.4, 0.5) is 4.79 Å². The molecule has 0 bridgehead atoms. The number of urea groups is 1. The molecule has 23 heavy (non-hydrogen) atoms. The van der Waals surface area contributed by atoms with E-state index in [0.717, 1.165) is 30.4 Å². The summed E-state index contributed by atoms with van der Waals surface area (Å²) < 4.78 is 0. The summed E-state index contributed by atoms with van der Waals surface area (Å²) in [6, 6.07) is 7.41. The molecule has 0 saturated heterocycles. The Balaban J connectivity index is 1.39. The van der Waals surface area contributed by atoms with Crippen LogP contribution in [0.25, 0.3) is 0 Å². The number of aromatic nitrogens is 2. The number of amides is 2. The van der Waals surface area contributed by atoms with Gasteiger partial charge in [-0.05, 0) is 36.0 Å². The van der Waals surface area contributed by atoms with Gasteiger partial charge in [-0.3, -0.25) is 5.10 Å². The second kappa shape index (κ2) is 5.70. The van der Waals surface area contributed by atoms with Crippen LogP contribution >= 0.6 is 0 Å². The Bertz CT molecular complexity index is 727. The number of nitrogens with one attached hydrogen (secondary N) is 3. The van der Waals surface area contributed by atoms with Crippen molar-refractivity contribution < 1.29 is 9.90 Å². The van der Waals surface area contributed by atoms with Crippen molar-refractivity contribution in [2.45, 2.75) is 43.9 Å². The molecular weight excluding hydrogens is 292 g/mol. The van der Waals surface area contributed by atoms with Crippen molar-refractivity contribution in [2.75, 3.05) is 0 Å². The second-order valence-corrected chi connectivity index (χ2v) is 6.38. The summed E-state index contributed by atoms with van der Waals surface area (Å²) in [6.07, 6.45) is 4.44. The first-order valence-corrected chi connectivity index (χ1v) is 8.04. The summed E-state index contributed by atoms with van der Waals surface area (Å²) >= 11 is 0. The largest absolute Gasteiger partial charge is 0.390 e. The summed E-state index contributed by atoms with van der Waals surface area (Å²) in [5.74, 6) is 0. The molecule has 1 aromatic carbocycles. The number of aliphatic hydroxyl groups is 1. The van der Waals surface area contributed by atoms with E-state index in [1.807, 2.05) is 30.5 Å². The molecule has 0 spiro atoms. The number of H-pyrrole nitrogens is 1. The number of aliphatic hydroxyl groups excluding tert-OH is 1. The Labute approximate surface area is 134 Å². The molecule has 6 heteroatoms. The van der Waals surface area contributed by atoms with Gasteiger partial charge in [0.05, 0.1) is 18.3 Å². The molecule has 2 amide bonds. The fourth-order valence-corrected chi connectivity index (χ4v) is 3.66. The van der Waals surface area contributed by atoms with Gasteiger partial charge in [-0.1, -0.05) is 24.3 Å². The third kappa shape index (κ3) is 2.70. The minimum absolute atomic E-state index is 0.105. The normalized spacial score (nSPS) is 25.5. The summed E-state index contributed by atoms with van der Waals surface area (Å²) in [5, 5.41) is 23.2. The van der Waals surface area contributed by atoms with E-state index in [-0.39, 0.29) is 18.1 Å². The molecule has 0 radical (unpaired) electrons. The summed E-state index contributed by atoms with van der Waals surface area (Å²) in [6.45, 7) is 0. The molecular formula is C17H20N4O2. The number of hydrogen-bond acceptors (Lipinski definition) is 3. The molecule has 2 aliphatic rings. The molecule has 3 unspecified atom stereocenters. The number of carbonyl (C=O) groups is 1. The van der Waals surface area contributed by atoms with Crippen LogP contribution in [0.5, 0.6) is 0 Å². The van der Waals surface area contributed by atoms with Crippen LogP contribution in [0.15, 0.2) is 30.5 Å². The quantitative estimate of drug-likeness (QED) is 0.672. The van der Waals surface area contributed by atoms with Gasteiger partial charge in [0.2, 0.25) is 0 Å². The van der Waals surface area contributed by atoms with E-state index in [0.29, 0.717) is 6.42 Å². The Hall–Kier alpha value is -2.34. The fraction of sp³-hybridized carbons (Fsp3) is 0.412. The van der Waals surface area contributed by atoms with Crippen LogP contribution in [0, 0.1) is 0 Å². The maximum Gasteiger partial charge on any atom is 0.315 e. The highest BCUT2D eigenvalue weighted by atomic mass is 16.3. The molecule has 0 saturated carbocycles. The first-order valence-electron chi connectivity index (χ1n) is 8.04. The highest BCUT2D eigenvalue weighted by molar-refractivity contribution is 5.75. The van der Waals surface area contributed by atoms with Gasteiger partial charge in [-0.25, -0.2) is 4.79 Å². The van der Waals surface area contributed by atoms with Gasteiger partial charge < -0.3 is 15.7 Å². The van der Waals surface area contributed by atoms with Crippen LogP contribution < -0.4 is 10.6 Å². The maximum atomic E-state index is 12.3. The predicted molar refractivity (Wildman–Crippen MR) is 85.0 cm³/mol. The number of rotatable bonds is 2. The van der Waals surface area contributed by atoms with Crippen molar-refractivity contribution in [3.05, 3.63) is 52.8 Å². The lowest BCUT2D eigenvalue weighted by molar-refractivity contribution is 0.141. The minimum atomic E-state index is -0.565. The first-order chi connectivity index (χ1) is 11.2. The van der Waals surface area contributed by atoms with E-state index in [1.54, 1.807) is 0 Å². The van der Waals surface area contributed by atoms with E-state index in [2.05, 4.69) is 20.8 Å². The smallest absolute Gasteiger partial charge is 0.315 e. The van der Waals surface area contributed by atoms with E-state index in [1.165, 1.54) is 11.3 Å². The van der Waals surface area contributed by atoms with E-state index < -0.39 is 6.10 Å². The summed E-state index contributed by atoms with van der Waals surface area (Å²) in [7, 11) is 0. The molecule has 0 aliphatic heterocycles. The lowest BCUT2D eigenvalue weighted by atomic mass is 9.94. The number of fused-ring (bicyclic) bond motifs is 2. The maximum absolute atomic E-state index is 12.3. The van der Waals surface area contributed by atoms with Gasteiger partial charge in [-0.15, -0.1) is 0 Å². The fourth-order valence-electron chi connectivity index (χ4n) is 3.66. The van der Waals surface area contributed by atoms with Crippen LogP contribution in [0.3, 0.4) is 0 Å². The number of nitrogens with zero attached hydrogens (tertiary/aromatic N) is 1. The first kappa shape index (κ1) is 14.3. The van der Waals surface area contributed by atoms with Crippen molar-refractivity contribution in [2.24, 2.45) is 0 Å². The third-order valence-electron chi connectivity index (χ3n) is 4.84. The number of benzene rings is 1. The molecule has 1 heterocycles. The van der Waals surface area contributed by atoms with E-state index in [9.17, 15) is 9.90 Å². The number of hydrogen-bond donors (Lipinski definition) is 4. The Morgan fingerprint density at radius 3 is 3.00 bits per heavy atom. The summed E-state index contributed by atoms with van der Waals surface area (Å²) in [4.78, 5) is 12.3. The zero-order valence-corrected chi connectivity index (χ0v) is 12.7. The molecule has 4 N–H and O–H groups in total. The van der Waals surface area contributed by atoms with Gasteiger partial charge in [0.15, 0.2) is 0 Å². The van der Waals surface area contributed by atoms with Crippen molar-refractivity contribution in [1.82, 2.24) is 20.8 Å². The van der Waals surface area contributed by atoms with Gasteiger partial charge in [-0.2, -0.15) is 5.10 Å². The summed E-state index contributed by atoms with van der Waals surface area (Å²) in [5.41, 5.74) is 4.46. The molecule has 6 nitrogen and oxygen atoms in total. The molecule has 1 aromatic heterocycles. The molecule has 2 aliphatic carbocycles. The van der Waals surface area contributed by atoms with Crippen LogP contribution in [0.2, 0.25) is 0 Å². The zero-order chi connectivity index (χ0) is 15.8. The number of carbonyl (C=O) groups excluding carboxylic acids is 1. The Kier molecular flexibility index (Phi) is 3.53. The molecule has 4 rings (SSSR count). The monoisotopic (exact) mass is 312 g/mol. The molecule has 0 fully saturated rings. The van der Waals surface area contributed by atoms with Crippen LogP contribution in [-0.4, -0.2) is 33.5 Å². The molecule has 3 atom stereocenters. The Morgan fingerprint density at radius 1 is 1.22 bits per heavy atom.